The largest absolute Gasteiger partial charge is 0.497 e. The standard InChI is InChI=1S/C25H30N2O6S/c1-3-33-21-11-9-18(10-12-21)26-24(28)17-23(25(26)29)27(19-7-5-4-6-8-19)34(30,31)22-15-13-20(32-2)14-16-22/h9-16,19,23H,3-8,17H2,1-2H3. The van der Waals surface area contributed by atoms with E-state index in [2.05, 4.69) is 0 Å². The number of sulfonamides is 1. The highest BCUT2D eigenvalue weighted by molar-refractivity contribution is 7.89. The minimum absolute atomic E-state index is 0.0821. The van der Waals surface area contributed by atoms with E-state index >= 15 is 0 Å². The number of anilines is 1. The molecular weight excluding hydrogens is 456 g/mol. The number of carbonyl (C=O) groups is 2. The van der Waals surface area contributed by atoms with Crippen LogP contribution in [0.4, 0.5) is 5.69 Å². The first kappa shape index (κ1) is 24.2. The van der Waals surface area contributed by atoms with Crippen molar-refractivity contribution < 1.29 is 27.5 Å². The zero-order valence-corrected chi connectivity index (χ0v) is 20.3. The lowest BCUT2D eigenvalue weighted by molar-refractivity contribution is -0.122. The molecule has 1 heterocycles. The van der Waals surface area contributed by atoms with Gasteiger partial charge in [0.2, 0.25) is 15.9 Å². The predicted octanol–water partition coefficient (Wildman–Crippen LogP) is 3.75. The van der Waals surface area contributed by atoms with E-state index in [9.17, 15) is 18.0 Å². The maximum absolute atomic E-state index is 13.8. The average Bonchev–Trinajstić information content (AvgIpc) is 3.13. The van der Waals surface area contributed by atoms with Gasteiger partial charge < -0.3 is 9.47 Å². The monoisotopic (exact) mass is 486 g/mol. The molecule has 34 heavy (non-hydrogen) atoms. The van der Waals surface area contributed by atoms with Crippen molar-refractivity contribution >= 4 is 27.5 Å². The van der Waals surface area contributed by atoms with Crippen LogP contribution in [0.5, 0.6) is 11.5 Å². The molecule has 0 spiro atoms. The van der Waals surface area contributed by atoms with Crippen molar-refractivity contribution in [2.24, 2.45) is 0 Å². The Morgan fingerprint density at radius 2 is 1.56 bits per heavy atom. The van der Waals surface area contributed by atoms with E-state index in [0.29, 0.717) is 36.6 Å². The smallest absolute Gasteiger partial charge is 0.252 e. The Hall–Kier alpha value is -2.91. The van der Waals surface area contributed by atoms with Crippen LogP contribution in [0.25, 0.3) is 0 Å². The van der Waals surface area contributed by atoms with Gasteiger partial charge in [0.15, 0.2) is 0 Å². The molecule has 0 N–H and O–H groups in total. The first-order chi connectivity index (χ1) is 16.4. The summed E-state index contributed by atoms with van der Waals surface area (Å²) in [6.45, 7) is 2.37. The van der Waals surface area contributed by atoms with Crippen molar-refractivity contribution in [3.63, 3.8) is 0 Å². The molecule has 2 aromatic rings. The minimum atomic E-state index is -4.03. The highest BCUT2D eigenvalue weighted by Crippen LogP contribution is 2.35. The molecule has 1 aliphatic carbocycles. The normalized spacial score (nSPS) is 19.6. The minimum Gasteiger partial charge on any atom is -0.497 e. The maximum Gasteiger partial charge on any atom is 0.252 e. The molecule has 9 heteroatoms. The third kappa shape index (κ3) is 4.67. The van der Waals surface area contributed by atoms with Gasteiger partial charge in [-0.2, -0.15) is 4.31 Å². The lowest BCUT2D eigenvalue weighted by Crippen LogP contribution is -2.51. The van der Waals surface area contributed by atoms with Crippen molar-refractivity contribution in [1.29, 1.82) is 0 Å². The molecule has 2 aromatic carbocycles. The number of nitrogens with zero attached hydrogens (tertiary/aromatic N) is 2. The summed E-state index contributed by atoms with van der Waals surface area (Å²) in [6.07, 6.45) is 3.95. The van der Waals surface area contributed by atoms with E-state index in [0.717, 1.165) is 24.2 Å². The van der Waals surface area contributed by atoms with Gasteiger partial charge in [-0.3, -0.25) is 9.59 Å². The summed E-state index contributed by atoms with van der Waals surface area (Å²) in [7, 11) is -2.52. The zero-order valence-electron chi connectivity index (χ0n) is 19.5. The van der Waals surface area contributed by atoms with E-state index in [4.69, 9.17) is 9.47 Å². The van der Waals surface area contributed by atoms with Gasteiger partial charge in [-0.1, -0.05) is 19.3 Å². The van der Waals surface area contributed by atoms with Gasteiger partial charge in [0.05, 0.1) is 30.7 Å². The SMILES string of the molecule is CCOc1ccc(N2C(=O)CC(N(C3CCCCC3)S(=O)(=O)c3ccc(OC)cc3)C2=O)cc1. The summed E-state index contributed by atoms with van der Waals surface area (Å²) >= 11 is 0. The first-order valence-electron chi connectivity index (χ1n) is 11.6. The third-order valence-electron chi connectivity index (χ3n) is 6.41. The van der Waals surface area contributed by atoms with Crippen LogP contribution in [-0.4, -0.2) is 50.3 Å². The van der Waals surface area contributed by atoms with E-state index in [1.807, 2.05) is 6.92 Å². The van der Waals surface area contributed by atoms with Crippen LogP contribution >= 0.6 is 0 Å². The molecule has 2 fully saturated rings. The van der Waals surface area contributed by atoms with Crippen LogP contribution < -0.4 is 14.4 Å². The number of carbonyl (C=O) groups excluding carboxylic acids is 2. The molecule has 1 atom stereocenters. The molecule has 1 saturated heterocycles. The Morgan fingerprint density at radius 3 is 2.15 bits per heavy atom. The van der Waals surface area contributed by atoms with Crippen molar-refractivity contribution in [3.8, 4) is 11.5 Å². The number of imide groups is 1. The predicted molar refractivity (Wildman–Crippen MR) is 127 cm³/mol. The Bertz CT molecular complexity index is 1130. The number of amides is 2. The molecule has 2 aliphatic rings. The summed E-state index contributed by atoms with van der Waals surface area (Å²) in [5.74, 6) is 0.242. The van der Waals surface area contributed by atoms with Crippen molar-refractivity contribution in [2.75, 3.05) is 18.6 Å². The highest BCUT2D eigenvalue weighted by atomic mass is 32.2. The molecule has 0 aromatic heterocycles. The Kier molecular flexibility index (Phi) is 7.23. The van der Waals surface area contributed by atoms with Gasteiger partial charge in [0.1, 0.15) is 17.5 Å². The van der Waals surface area contributed by atoms with Gasteiger partial charge in [0.25, 0.3) is 5.91 Å². The van der Waals surface area contributed by atoms with Gasteiger partial charge >= 0.3 is 0 Å². The Balaban J connectivity index is 1.68. The highest BCUT2D eigenvalue weighted by Gasteiger charge is 2.49. The van der Waals surface area contributed by atoms with Gasteiger partial charge in [0, 0.05) is 6.04 Å². The van der Waals surface area contributed by atoms with Crippen LogP contribution in [-0.2, 0) is 19.6 Å². The average molecular weight is 487 g/mol. The summed E-state index contributed by atoms with van der Waals surface area (Å²) in [4.78, 5) is 27.7. The fourth-order valence-corrected chi connectivity index (χ4v) is 6.59. The Morgan fingerprint density at radius 1 is 0.941 bits per heavy atom. The summed E-state index contributed by atoms with van der Waals surface area (Å²) in [5, 5.41) is 0. The molecule has 0 radical (unpaired) electrons. The lowest BCUT2D eigenvalue weighted by Gasteiger charge is -2.36. The van der Waals surface area contributed by atoms with Crippen LogP contribution in [0, 0.1) is 0 Å². The molecule has 8 nitrogen and oxygen atoms in total. The summed E-state index contributed by atoms with van der Waals surface area (Å²) in [5.41, 5.74) is 0.409. The quantitative estimate of drug-likeness (QED) is 0.528. The molecular formula is C25H30N2O6S. The van der Waals surface area contributed by atoms with Gasteiger partial charge in [-0.25, -0.2) is 13.3 Å². The summed E-state index contributed by atoms with van der Waals surface area (Å²) in [6, 6.07) is 11.4. The molecule has 0 bridgehead atoms. The topological polar surface area (TPSA) is 93.2 Å². The molecule has 182 valence electrons. The van der Waals surface area contributed by atoms with Gasteiger partial charge in [-0.15, -0.1) is 0 Å². The van der Waals surface area contributed by atoms with Crippen molar-refractivity contribution in [3.05, 3.63) is 48.5 Å². The van der Waals surface area contributed by atoms with Crippen molar-refractivity contribution in [2.45, 2.75) is 62.4 Å². The van der Waals surface area contributed by atoms with E-state index in [-0.39, 0.29) is 17.4 Å². The number of methoxy groups -OCH3 is 1. The van der Waals surface area contributed by atoms with E-state index in [1.54, 1.807) is 36.4 Å². The zero-order chi connectivity index (χ0) is 24.3. The number of hydrogen-bond donors (Lipinski definition) is 0. The number of rotatable bonds is 8. The molecule has 1 aliphatic heterocycles. The van der Waals surface area contributed by atoms with Crippen molar-refractivity contribution in [1.82, 2.24) is 4.31 Å². The lowest BCUT2D eigenvalue weighted by atomic mass is 9.94. The van der Waals surface area contributed by atoms with Gasteiger partial charge in [-0.05, 0) is 68.3 Å². The van der Waals surface area contributed by atoms with Crippen LogP contribution in [0.2, 0.25) is 0 Å². The Labute approximate surface area is 200 Å². The molecule has 2 amide bonds. The molecule has 1 unspecified atom stereocenters. The van der Waals surface area contributed by atoms with Crippen LogP contribution in [0.3, 0.4) is 0 Å². The van der Waals surface area contributed by atoms with Crippen LogP contribution in [0.15, 0.2) is 53.4 Å². The van der Waals surface area contributed by atoms with E-state index in [1.165, 1.54) is 23.5 Å². The number of ether oxygens (including phenoxy) is 2. The number of benzene rings is 2. The second kappa shape index (κ2) is 10.1. The van der Waals surface area contributed by atoms with E-state index < -0.39 is 27.9 Å². The molecule has 1 saturated carbocycles. The fourth-order valence-electron chi connectivity index (χ4n) is 4.77. The van der Waals surface area contributed by atoms with Crippen LogP contribution in [0.1, 0.15) is 45.4 Å². The number of hydrogen-bond acceptors (Lipinski definition) is 6. The second-order valence-electron chi connectivity index (χ2n) is 8.52. The molecule has 4 rings (SSSR count). The first-order valence-corrected chi connectivity index (χ1v) is 13.1. The fraction of sp³-hybridized carbons (Fsp3) is 0.440. The second-order valence-corrected chi connectivity index (χ2v) is 10.4. The summed E-state index contributed by atoms with van der Waals surface area (Å²) < 4.78 is 39.5. The third-order valence-corrected chi connectivity index (χ3v) is 8.38. The maximum atomic E-state index is 13.8.